The van der Waals surface area contributed by atoms with Crippen LogP contribution in [0.5, 0.6) is 5.75 Å². The van der Waals surface area contributed by atoms with Gasteiger partial charge in [0.25, 0.3) is 0 Å². The summed E-state index contributed by atoms with van der Waals surface area (Å²) in [5.74, 6) is 0.931. The van der Waals surface area contributed by atoms with E-state index in [0.29, 0.717) is 0 Å². The van der Waals surface area contributed by atoms with Gasteiger partial charge in [-0.25, -0.2) is 0 Å². The number of hydrogen-bond donors (Lipinski definition) is 1. The molecule has 2 rings (SSSR count). The molecule has 0 aliphatic carbocycles. The van der Waals surface area contributed by atoms with Gasteiger partial charge in [0.05, 0.1) is 12.8 Å². The van der Waals surface area contributed by atoms with Gasteiger partial charge in [-0.15, -0.1) is 0 Å². The smallest absolute Gasteiger partial charge is 0.123 e. The minimum Gasteiger partial charge on any atom is -0.496 e. The Morgan fingerprint density at radius 3 is 2.55 bits per heavy atom. The molecule has 0 saturated heterocycles. The maximum Gasteiger partial charge on any atom is 0.123 e. The molecule has 1 N–H and O–H groups in total. The number of hydrogen-bond acceptors (Lipinski definition) is 3. The molecule has 106 valence electrons. The Kier molecular flexibility index (Phi) is 5.13. The molecule has 0 radical (unpaired) electrons. The molecule has 1 aromatic carbocycles. The zero-order chi connectivity index (χ0) is 14.4. The van der Waals surface area contributed by atoms with Gasteiger partial charge in [-0.3, -0.25) is 4.98 Å². The Hall–Kier alpha value is -1.87. The summed E-state index contributed by atoms with van der Waals surface area (Å²) >= 11 is 0. The van der Waals surface area contributed by atoms with E-state index in [9.17, 15) is 0 Å². The molecule has 20 heavy (non-hydrogen) atoms. The molecule has 0 fully saturated rings. The van der Waals surface area contributed by atoms with Crippen LogP contribution >= 0.6 is 0 Å². The van der Waals surface area contributed by atoms with Crippen LogP contribution in [0.4, 0.5) is 0 Å². The molecular weight excluding hydrogens is 248 g/mol. The number of para-hydroxylation sites is 1. The molecule has 1 heterocycles. The number of ether oxygens (including phenoxy) is 1. The molecule has 1 aromatic heterocycles. The van der Waals surface area contributed by atoms with Crippen LogP contribution in [-0.4, -0.2) is 12.1 Å². The fraction of sp³-hybridized carbons (Fsp3) is 0.353. The molecule has 0 aliphatic rings. The Morgan fingerprint density at radius 2 is 1.90 bits per heavy atom. The van der Waals surface area contributed by atoms with Crippen molar-refractivity contribution in [3.8, 4) is 5.75 Å². The van der Waals surface area contributed by atoms with Crippen molar-refractivity contribution in [1.29, 1.82) is 0 Å². The van der Waals surface area contributed by atoms with Gasteiger partial charge in [-0.05, 0) is 31.5 Å². The van der Waals surface area contributed by atoms with Gasteiger partial charge in [0, 0.05) is 23.8 Å². The highest BCUT2D eigenvalue weighted by molar-refractivity contribution is 5.36. The molecular formula is C17H22N2O. The van der Waals surface area contributed by atoms with E-state index >= 15 is 0 Å². The highest BCUT2D eigenvalue weighted by atomic mass is 16.5. The van der Waals surface area contributed by atoms with Crippen LogP contribution in [-0.2, 0) is 0 Å². The summed E-state index contributed by atoms with van der Waals surface area (Å²) in [5, 5.41) is 3.63. The van der Waals surface area contributed by atoms with E-state index in [1.54, 1.807) is 7.11 Å². The van der Waals surface area contributed by atoms with Crippen molar-refractivity contribution in [2.75, 3.05) is 7.11 Å². The van der Waals surface area contributed by atoms with Gasteiger partial charge >= 0.3 is 0 Å². The van der Waals surface area contributed by atoms with Crippen molar-refractivity contribution in [2.45, 2.75) is 32.4 Å². The minimum absolute atomic E-state index is 0.200. The molecule has 3 nitrogen and oxygen atoms in total. The van der Waals surface area contributed by atoms with Gasteiger partial charge in [-0.2, -0.15) is 0 Å². The van der Waals surface area contributed by atoms with Crippen LogP contribution in [0.25, 0.3) is 0 Å². The standard InChI is InChI=1S/C17H22N2O/c1-4-15(14-9-5-6-11-17(14)20-3)19-13(2)16-10-7-8-12-18-16/h5-13,15,19H,4H2,1-3H3/t13-,15?/m1/s1. The monoisotopic (exact) mass is 270 g/mol. The van der Waals surface area contributed by atoms with Crippen molar-refractivity contribution < 1.29 is 4.74 Å². The lowest BCUT2D eigenvalue weighted by Crippen LogP contribution is -2.25. The first-order chi connectivity index (χ1) is 9.76. The minimum atomic E-state index is 0.200. The lowest BCUT2D eigenvalue weighted by Gasteiger charge is -2.24. The van der Waals surface area contributed by atoms with E-state index in [1.165, 1.54) is 5.56 Å². The van der Waals surface area contributed by atoms with Crippen LogP contribution in [0.3, 0.4) is 0 Å². The van der Waals surface area contributed by atoms with E-state index in [4.69, 9.17) is 4.74 Å². The summed E-state index contributed by atoms with van der Waals surface area (Å²) in [6.07, 6.45) is 2.83. The second kappa shape index (κ2) is 7.06. The van der Waals surface area contributed by atoms with Crippen molar-refractivity contribution in [3.63, 3.8) is 0 Å². The fourth-order valence-corrected chi connectivity index (χ4v) is 2.40. The summed E-state index contributed by atoms with van der Waals surface area (Å²) in [4.78, 5) is 4.41. The number of nitrogens with zero attached hydrogens (tertiary/aromatic N) is 1. The number of rotatable bonds is 6. The van der Waals surface area contributed by atoms with Crippen molar-refractivity contribution in [2.24, 2.45) is 0 Å². The Morgan fingerprint density at radius 1 is 1.15 bits per heavy atom. The summed E-state index contributed by atoms with van der Waals surface area (Å²) in [6, 6.07) is 14.6. The molecule has 0 bridgehead atoms. The van der Waals surface area contributed by atoms with Gasteiger partial charge in [0.15, 0.2) is 0 Å². The van der Waals surface area contributed by atoms with Gasteiger partial charge in [0.1, 0.15) is 5.75 Å². The average Bonchev–Trinajstić information content (AvgIpc) is 2.53. The van der Waals surface area contributed by atoms with Crippen LogP contribution in [0.15, 0.2) is 48.7 Å². The number of nitrogens with one attached hydrogen (secondary N) is 1. The van der Waals surface area contributed by atoms with E-state index in [-0.39, 0.29) is 12.1 Å². The number of benzene rings is 1. The van der Waals surface area contributed by atoms with Gasteiger partial charge in [-0.1, -0.05) is 31.2 Å². The summed E-state index contributed by atoms with van der Waals surface area (Å²) in [7, 11) is 1.72. The number of aromatic nitrogens is 1. The molecule has 2 atom stereocenters. The van der Waals surface area contributed by atoms with Gasteiger partial charge in [0.2, 0.25) is 0 Å². The normalized spacial score (nSPS) is 13.8. The predicted octanol–water partition coefficient (Wildman–Crippen LogP) is 3.89. The Balaban J connectivity index is 2.17. The van der Waals surface area contributed by atoms with E-state index in [1.807, 2.05) is 42.6 Å². The number of methoxy groups -OCH3 is 1. The average molecular weight is 270 g/mol. The van der Waals surface area contributed by atoms with Crippen molar-refractivity contribution in [3.05, 3.63) is 59.9 Å². The summed E-state index contributed by atoms with van der Waals surface area (Å²) in [5.41, 5.74) is 2.25. The van der Waals surface area contributed by atoms with Crippen LogP contribution in [0, 0.1) is 0 Å². The van der Waals surface area contributed by atoms with Crippen LogP contribution in [0.1, 0.15) is 43.6 Å². The summed E-state index contributed by atoms with van der Waals surface area (Å²) in [6.45, 7) is 4.32. The fourth-order valence-electron chi connectivity index (χ4n) is 2.40. The molecule has 3 heteroatoms. The van der Waals surface area contributed by atoms with Crippen molar-refractivity contribution >= 4 is 0 Å². The maximum absolute atomic E-state index is 5.46. The molecule has 0 amide bonds. The SMILES string of the molecule is CCC(N[C@H](C)c1ccccn1)c1ccccc1OC. The Labute approximate surface area is 121 Å². The third-order valence-corrected chi connectivity index (χ3v) is 3.51. The van der Waals surface area contributed by atoms with E-state index < -0.39 is 0 Å². The highest BCUT2D eigenvalue weighted by Gasteiger charge is 2.17. The van der Waals surface area contributed by atoms with Crippen molar-refractivity contribution in [1.82, 2.24) is 10.3 Å². The molecule has 0 aliphatic heterocycles. The lowest BCUT2D eigenvalue weighted by atomic mass is 10.0. The molecule has 2 aromatic rings. The van der Waals surface area contributed by atoms with Gasteiger partial charge < -0.3 is 10.1 Å². The quantitative estimate of drug-likeness (QED) is 0.864. The third-order valence-electron chi connectivity index (χ3n) is 3.51. The second-order valence-electron chi connectivity index (χ2n) is 4.85. The first-order valence-corrected chi connectivity index (χ1v) is 7.06. The third kappa shape index (κ3) is 3.36. The largest absolute Gasteiger partial charge is 0.496 e. The maximum atomic E-state index is 5.46. The Bertz CT molecular complexity index is 528. The zero-order valence-corrected chi connectivity index (χ0v) is 12.3. The first-order valence-electron chi connectivity index (χ1n) is 7.06. The summed E-state index contributed by atoms with van der Waals surface area (Å²) < 4.78 is 5.46. The predicted molar refractivity (Wildman–Crippen MR) is 81.8 cm³/mol. The van der Waals surface area contributed by atoms with E-state index in [0.717, 1.165) is 17.9 Å². The highest BCUT2D eigenvalue weighted by Crippen LogP contribution is 2.28. The zero-order valence-electron chi connectivity index (χ0n) is 12.3. The lowest BCUT2D eigenvalue weighted by molar-refractivity contribution is 0.387. The number of pyridine rings is 1. The molecule has 1 unspecified atom stereocenters. The first kappa shape index (κ1) is 14.5. The second-order valence-corrected chi connectivity index (χ2v) is 4.85. The van der Waals surface area contributed by atoms with Crippen LogP contribution < -0.4 is 10.1 Å². The van der Waals surface area contributed by atoms with Crippen LogP contribution in [0.2, 0.25) is 0 Å². The topological polar surface area (TPSA) is 34.2 Å². The molecule has 0 saturated carbocycles. The molecule has 0 spiro atoms. The van der Waals surface area contributed by atoms with E-state index in [2.05, 4.69) is 30.2 Å².